The Hall–Kier alpha value is -3.92. The molecule has 4 aromatic rings. The molecule has 0 spiro atoms. The van der Waals surface area contributed by atoms with Crippen LogP contribution in [0.3, 0.4) is 0 Å². The van der Waals surface area contributed by atoms with E-state index in [4.69, 9.17) is 5.73 Å². The highest BCUT2D eigenvalue weighted by molar-refractivity contribution is 6.01. The standard InChI is InChI=1S/C26H20N2O2/c27-25(29)24(28-26(30)18-14-13-16-7-1-2-8-17(16)15-18)23-21-11-5-3-9-19(21)20-10-4-6-12-22(20)23/h1-15,23-24H,(H2,27,29)(H,28,30)/t24-/m1/s1. The zero-order valence-corrected chi connectivity index (χ0v) is 16.2. The van der Waals surface area contributed by atoms with Crippen molar-refractivity contribution in [1.82, 2.24) is 5.32 Å². The minimum atomic E-state index is -0.853. The molecule has 4 heteroatoms. The van der Waals surface area contributed by atoms with Gasteiger partial charge in [-0.3, -0.25) is 9.59 Å². The third kappa shape index (κ3) is 2.94. The van der Waals surface area contributed by atoms with E-state index in [0.717, 1.165) is 33.0 Å². The molecule has 0 saturated carbocycles. The van der Waals surface area contributed by atoms with Crippen molar-refractivity contribution in [3.8, 4) is 11.1 Å². The number of hydrogen-bond donors (Lipinski definition) is 2. The molecule has 146 valence electrons. The molecule has 0 bridgehead atoms. The van der Waals surface area contributed by atoms with Gasteiger partial charge in [-0.2, -0.15) is 0 Å². The van der Waals surface area contributed by atoms with Crippen LogP contribution in [0.4, 0.5) is 0 Å². The lowest BCUT2D eigenvalue weighted by molar-refractivity contribution is -0.120. The molecule has 0 radical (unpaired) electrons. The van der Waals surface area contributed by atoms with Gasteiger partial charge in [0.2, 0.25) is 5.91 Å². The second kappa shape index (κ2) is 7.16. The van der Waals surface area contributed by atoms with Gasteiger partial charge in [0.15, 0.2) is 0 Å². The van der Waals surface area contributed by atoms with Crippen LogP contribution in [0.1, 0.15) is 27.4 Å². The fourth-order valence-corrected chi connectivity index (χ4v) is 4.43. The van der Waals surface area contributed by atoms with Gasteiger partial charge in [-0.15, -0.1) is 0 Å². The maximum atomic E-state index is 13.1. The highest BCUT2D eigenvalue weighted by Crippen LogP contribution is 2.46. The van der Waals surface area contributed by atoms with Crippen LogP contribution in [0, 0.1) is 0 Å². The van der Waals surface area contributed by atoms with Gasteiger partial charge in [0.05, 0.1) is 0 Å². The molecule has 0 aromatic heterocycles. The number of hydrogen-bond acceptors (Lipinski definition) is 2. The number of benzene rings is 4. The summed E-state index contributed by atoms with van der Waals surface area (Å²) in [4.78, 5) is 25.6. The summed E-state index contributed by atoms with van der Waals surface area (Å²) in [6, 6.07) is 28.4. The highest BCUT2D eigenvalue weighted by atomic mass is 16.2. The number of carbonyl (C=O) groups is 2. The molecule has 4 aromatic carbocycles. The Bertz CT molecular complexity index is 1250. The first-order chi connectivity index (χ1) is 14.6. The first-order valence-electron chi connectivity index (χ1n) is 9.91. The molecule has 3 N–H and O–H groups in total. The van der Waals surface area contributed by atoms with Gasteiger partial charge in [-0.25, -0.2) is 0 Å². The number of fused-ring (bicyclic) bond motifs is 4. The number of primary amides is 1. The van der Waals surface area contributed by atoms with E-state index in [2.05, 4.69) is 5.32 Å². The summed E-state index contributed by atoms with van der Waals surface area (Å²) in [6.07, 6.45) is 0. The van der Waals surface area contributed by atoms with E-state index in [9.17, 15) is 9.59 Å². The van der Waals surface area contributed by atoms with Gasteiger partial charge in [0.25, 0.3) is 5.91 Å². The number of rotatable bonds is 4. The number of nitrogens with two attached hydrogens (primary N) is 1. The molecule has 0 fully saturated rings. The molecule has 1 aliphatic rings. The third-order valence-corrected chi connectivity index (χ3v) is 5.82. The average molecular weight is 392 g/mol. The Morgan fingerprint density at radius 1 is 0.733 bits per heavy atom. The molecule has 4 nitrogen and oxygen atoms in total. The Labute approximate surface area is 174 Å². The van der Waals surface area contributed by atoms with Crippen molar-refractivity contribution in [2.24, 2.45) is 5.73 Å². The van der Waals surface area contributed by atoms with Crippen molar-refractivity contribution < 1.29 is 9.59 Å². The average Bonchev–Trinajstić information content (AvgIpc) is 3.11. The van der Waals surface area contributed by atoms with Crippen molar-refractivity contribution >= 4 is 22.6 Å². The van der Waals surface area contributed by atoms with E-state index in [0.29, 0.717) is 5.56 Å². The summed E-state index contributed by atoms with van der Waals surface area (Å²) in [5.41, 5.74) is 10.4. The van der Waals surface area contributed by atoms with Crippen LogP contribution >= 0.6 is 0 Å². The second-order valence-corrected chi connectivity index (χ2v) is 7.57. The quantitative estimate of drug-likeness (QED) is 0.545. The molecular formula is C26H20N2O2. The molecule has 5 rings (SSSR count). The van der Waals surface area contributed by atoms with Crippen molar-refractivity contribution in [1.29, 1.82) is 0 Å². The third-order valence-electron chi connectivity index (χ3n) is 5.82. The van der Waals surface area contributed by atoms with E-state index in [1.807, 2.05) is 84.9 Å². The molecule has 0 heterocycles. The Morgan fingerprint density at radius 2 is 1.30 bits per heavy atom. The van der Waals surface area contributed by atoms with Crippen molar-refractivity contribution in [3.63, 3.8) is 0 Å². The van der Waals surface area contributed by atoms with Gasteiger partial charge in [-0.1, -0.05) is 78.9 Å². The fourth-order valence-electron chi connectivity index (χ4n) is 4.43. The van der Waals surface area contributed by atoms with Gasteiger partial charge < -0.3 is 11.1 Å². The van der Waals surface area contributed by atoms with E-state index < -0.39 is 11.9 Å². The predicted molar refractivity (Wildman–Crippen MR) is 118 cm³/mol. The number of carbonyl (C=O) groups excluding carboxylic acids is 2. The SMILES string of the molecule is NC(=O)[C@H](NC(=O)c1ccc2ccccc2c1)C1c2ccccc2-c2ccccc21. The second-order valence-electron chi connectivity index (χ2n) is 7.57. The van der Waals surface area contributed by atoms with E-state index in [-0.39, 0.29) is 11.8 Å². The summed E-state index contributed by atoms with van der Waals surface area (Å²) in [5.74, 6) is -1.19. The maximum absolute atomic E-state index is 13.1. The van der Waals surface area contributed by atoms with Crippen LogP contribution in [0.5, 0.6) is 0 Å². The van der Waals surface area contributed by atoms with Crippen LogP contribution in [0.15, 0.2) is 91.0 Å². The lowest BCUT2D eigenvalue weighted by Gasteiger charge is -2.24. The van der Waals surface area contributed by atoms with Crippen LogP contribution in [-0.4, -0.2) is 17.9 Å². The smallest absolute Gasteiger partial charge is 0.251 e. The Kier molecular flexibility index (Phi) is 4.32. The predicted octanol–water partition coefficient (Wildman–Crippen LogP) is 4.24. The maximum Gasteiger partial charge on any atom is 0.251 e. The monoisotopic (exact) mass is 392 g/mol. The molecule has 0 saturated heterocycles. The highest BCUT2D eigenvalue weighted by Gasteiger charge is 2.37. The number of amides is 2. The summed E-state index contributed by atoms with van der Waals surface area (Å²) < 4.78 is 0. The van der Waals surface area contributed by atoms with Crippen LogP contribution in [0.25, 0.3) is 21.9 Å². The molecule has 2 amide bonds. The lowest BCUT2D eigenvalue weighted by Crippen LogP contribution is -2.48. The van der Waals surface area contributed by atoms with E-state index >= 15 is 0 Å². The van der Waals surface area contributed by atoms with Gasteiger partial charge in [-0.05, 0) is 45.2 Å². The zero-order valence-electron chi connectivity index (χ0n) is 16.2. The Morgan fingerprint density at radius 3 is 1.93 bits per heavy atom. The van der Waals surface area contributed by atoms with Crippen LogP contribution < -0.4 is 11.1 Å². The topological polar surface area (TPSA) is 72.2 Å². The minimum Gasteiger partial charge on any atom is -0.368 e. The minimum absolute atomic E-state index is 0.314. The van der Waals surface area contributed by atoms with Crippen LogP contribution in [0.2, 0.25) is 0 Å². The summed E-state index contributed by atoms with van der Waals surface area (Å²) >= 11 is 0. The van der Waals surface area contributed by atoms with E-state index in [1.54, 1.807) is 6.07 Å². The molecule has 1 atom stereocenters. The largest absolute Gasteiger partial charge is 0.368 e. The van der Waals surface area contributed by atoms with Crippen molar-refractivity contribution in [3.05, 3.63) is 108 Å². The van der Waals surface area contributed by atoms with Gasteiger partial charge in [0.1, 0.15) is 6.04 Å². The normalized spacial score (nSPS) is 13.5. The first kappa shape index (κ1) is 18.1. The molecule has 0 unspecified atom stereocenters. The van der Waals surface area contributed by atoms with Gasteiger partial charge >= 0.3 is 0 Å². The van der Waals surface area contributed by atoms with Crippen molar-refractivity contribution in [2.45, 2.75) is 12.0 Å². The van der Waals surface area contributed by atoms with Crippen molar-refractivity contribution in [2.75, 3.05) is 0 Å². The summed E-state index contributed by atoms with van der Waals surface area (Å²) in [7, 11) is 0. The lowest BCUT2D eigenvalue weighted by atomic mass is 9.88. The molecule has 0 aliphatic heterocycles. The molecule has 30 heavy (non-hydrogen) atoms. The fraction of sp³-hybridized carbons (Fsp3) is 0.0769. The summed E-state index contributed by atoms with van der Waals surface area (Å²) in [6.45, 7) is 0. The Balaban J connectivity index is 1.53. The first-order valence-corrected chi connectivity index (χ1v) is 9.91. The van der Waals surface area contributed by atoms with E-state index in [1.165, 1.54) is 0 Å². The molecular weight excluding hydrogens is 372 g/mol. The van der Waals surface area contributed by atoms with Crippen LogP contribution in [-0.2, 0) is 4.79 Å². The number of nitrogens with one attached hydrogen (secondary N) is 1. The zero-order chi connectivity index (χ0) is 20.7. The summed E-state index contributed by atoms with van der Waals surface area (Å²) in [5, 5.41) is 4.93. The van der Waals surface area contributed by atoms with Gasteiger partial charge in [0, 0.05) is 11.5 Å². The molecule has 1 aliphatic carbocycles.